The molecule has 0 aliphatic rings. The van der Waals surface area contributed by atoms with Gasteiger partial charge in [-0.3, -0.25) is 5.43 Å². The van der Waals surface area contributed by atoms with E-state index < -0.39 is 0 Å². The van der Waals surface area contributed by atoms with E-state index in [9.17, 15) is 9.50 Å². The van der Waals surface area contributed by atoms with Crippen LogP contribution in [0.3, 0.4) is 0 Å². The minimum atomic E-state index is -0.316. The standard InChI is InChI=1S/C15H14FN3O2S/c1-21-14-8-10(2-7-13(14)20)9-17-19-15(22)18-12-5-3-11(16)4-6-12/h2-9,20H,1H3,(H2,18,19,22)/b17-9-. The minimum absolute atomic E-state index is 0.0566. The zero-order valence-electron chi connectivity index (χ0n) is 11.7. The molecule has 2 aromatic rings. The average molecular weight is 319 g/mol. The Labute approximate surface area is 132 Å². The normalized spacial score (nSPS) is 10.5. The molecule has 5 nitrogen and oxygen atoms in total. The van der Waals surface area contributed by atoms with Crippen LogP contribution in [0.25, 0.3) is 0 Å². The number of ether oxygens (including phenoxy) is 1. The van der Waals surface area contributed by atoms with Crippen molar-refractivity contribution in [2.45, 2.75) is 0 Å². The van der Waals surface area contributed by atoms with Crippen LogP contribution in [0.15, 0.2) is 47.6 Å². The maximum atomic E-state index is 12.8. The molecule has 114 valence electrons. The summed E-state index contributed by atoms with van der Waals surface area (Å²) in [7, 11) is 1.47. The molecule has 7 heteroatoms. The van der Waals surface area contributed by atoms with Crippen LogP contribution >= 0.6 is 12.2 Å². The Hall–Kier alpha value is -2.67. The van der Waals surface area contributed by atoms with Gasteiger partial charge in [0.25, 0.3) is 0 Å². The molecular formula is C15H14FN3O2S. The quantitative estimate of drug-likeness (QED) is 0.459. The van der Waals surface area contributed by atoms with E-state index in [2.05, 4.69) is 15.8 Å². The van der Waals surface area contributed by atoms with Gasteiger partial charge in [-0.05, 0) is 60.2 Å². The highest BCUT2D eigenvalue weighted by Crippen LogP contribution is 2.25. The van der Waals surface area contributed by atoms with Gasteiger partial charge in [0, 0.05) is 5.69 Å². The molecule has 0 saturated carbocycles. The summed E-state index contributed by atoms with van der Waals surface area (Å²) in [5.74, 6) is 0.0980. The van der Waals surface area contributed by atoms with Crippen molar-refractivity contribution in [2.75, 3.05) is 12.4 Å². The smallest absolute Gasteiger partial charge is 0.191 e. The number of thiocarbonyl (C=S) groups is 1. The number of rotatable bonds is 4. The van der Waals surface area contributed by atoms with E-state index in [1.807, 2.05) is 0 Å². The number of aromatic hydroxyl groups is 1. The number of anilines is 1. The van der Waals surface area contributed by atoms with E-state index in [0.717, 1.165) is 5.56 Å². The van der Waals surface area contributed by atoms with Crippen LogP contribution in [0, 0.1) is 5.82 Å². The summed E-state index contributed by atoms with van der Waals surface area (Å²) >= 11 is 5.06. The van der Waals surface area contributed by atoms with Gasteiger partial charge < -0.3 is 15.2 Å². The predicted molar refractivity (Wildman–Crippen MR) is 88.0 cm³/mol. The molecule has 0 aliphatic carbocycles. The summed E-state index contributed by atoms with van der Waals surface area (Å²) in [4.78, 5) is 0. The molecule has 0 bridgehead atoms. The van der Waals surface area contributed by atoms with Crippen molar-refractivity contribution in [2.24, 2.45) is 5.10 Å². The molecule has 0 aromatic heterocycles. The molecule has 0 fully saturated rings. The highest BCUT2D eigenvalue weighted by molar-refractivity contribution is 7.80. The summed E-state index contributed by atoms with van der Waals surface area (Å²) in [5.41, 5.74) is 4.02. The zero-order chi connectivity index (χ0) is 15.9. The number of nitrogens with zero attached hydrogens (tertiary/aromatic N) is 1. The third-order valence-corrected chi connectivity index (χ3v) is 2.88. The van der Waals surface area contributed by atoms with Gasteiger partial charge in [-0.1, -0.05) is 0 Å². The third kappa shape index (κ3) is 4.42. The molecule has 0 saturated heterocycles. The van der Waals surface area contributed by atoms with Crippen molar-refractivity contribution in [3.05, 3.63) is 53.8 Å². The lowest BCUT2D eigenvalue weighted by Gasteiger charge is -2.07. The SMILES string of the molecule is COc1cc(/C=N\NC(=S)Nc2ccc(F)cc2)ccc1O. The van der Waals surface area contributed by atoms with Crippen molar-refractivity contribution >= 4 is 29.2 Å². The van der Waals surface area contributed by atoms with E-state index in [4.69, 9.17) is 17.0 Å². The summed E-state index contributed by atoms with van der Waals surface area (Å²) in [6.07, 6.45) is 1.53. The van der Waals surface area contributed by atoms with E-state index in [0.29, 0.717) is 11.4 Å². The molecular weight excluding hydrogens is 305 g/mol. The first-order valence-electron chi connectivity index (χ1n) is 6.31. The Balaban J connectivity index is 1.91. The lowest BCUT2D eigenvalue weighted by atomic mass is 10.2. The van der Waals surface area contributed by atoms with E-state index >= 15 is 0 Å². The molecule has 22 heavy (non-hydrogen) atoms. The van der Waals surface area contributed by atoms with Crippen LogP contribution in [-0.4, -0.2) is 23.5 Å². The Morgan fingerprint density at radius 3 is 2.68 bits per heavy atom. The summed E-state index contributed by atoms with van der Waals surface area (Å²) < 4.78 is 17.8. The van der Waals surface area contributed by atoms with Crippen molar-refractivity contribution in [1.82, 2.24) is 5.43 Å². The Kier molecular flexibility index (Phi) is 5.26. The number of benzene rings is 2. The van der Waals surface area contributed by atoms with E-state index in [-0.39, 0.29) is 16.7 Å². The number of phenolic OH excluding ortho intramolecular Hbond substituents is 1. The second-order valence-corrected chi connectivity index (χ2v) is 4.67. The first-order chi connectivity index (χ1) is 10.6. The number of hydrogen-bond acceptors (Lipinski definition) is 4. The highest BCUT2D eigenvalue weighted by Gasteiger charge is 2.01. The Morgan fingerprint density at radius 1 is 1.27 bits per heavy atom. The molecule has 0 unspecified atom stereocenters. The van der Waals surface area contributed by atoms with Gasteiger partial charge in [-0.2, -0.15) is 5.10 Å². The van der Waals surface area contributed by atoms with Gasteiger partial charge in [-0.15, -0.1) is 0 Å². The van der Waals surface area contributed by atoms with E-state index in [1.54, 1.807) is 24.3 Å². The van der Waals surface area contributed by atoms with Crippen LogP contribution in [0.4, 0.5) is 10.1 Å². The molecule has 0 heterocycles. The average Bonchev–Trinajstić information content (AvgIpc) is 2.51. The number of halogens is 1. The van der Waals surface area contributed by atoms with Gasteiger partial charge >= 0.3 is 0 Å². The molecule has 0 aliphatic heterocycles. The summed E-state index contributed by atoms with van der Waals surface area (Å²) in [6, 6.07) is 10.6. The lowest BCUT2D eigenvalue weighted by molar-refractivity contribution is 0.373. The fourth-order valence-corrected chi connectivity index (χ4v) is 1.80. The maximum Gasteiger partial charge on any atom is 0.191 e. The van der Waals surface area contributed by atoms with Crippen molar-refractivity contribution < 1.29 is 14.2 Å². The van der Waals surface area contributed by atoms with Crippen LogP contribution in [0.5, 0.6) is 11.5 Å². The van der Waals surface area contributed by atoms with Gasteiger partial charge in [0.05, 0.1) is 13.3 Å². The number of hydrazone groups is 1. The molecule has 0 spiro atoms. The van der Waals surface area contributed by atoms with Gasteiger partial charge in [0.15, 0.2) is 16.6 Å². The van der Waals surface area contributed by atoms with Gasteiger partial charge in [0.2, 0.25) is 0 Å². The van der Waals surface area contributed by atoms with Crippen LogP contribution in [0.2, 0.25) is 0 Å². The summed E-state index contributed by atoms with van der Waals surface area (Å²) in [5, 5.41) is 16.6. The van der Waals surface area contributed by atoms with Crippen molar-refractivity contribution in [3.63, 3.8) is 0 Å². The van der Waals surface area contributed by atoms with Crippen LogP contribution in [0.1, 0.15) is 5.56 Å². The van der Waals surface area contributed by atoms with Crippen molar-refractivity contribution in [1.29, 1.82) is 0 Å². The Morgan fingerprint density at radius 2 is 2.00 bits per heavy atom. The number of nitrogens with one attached hydrogen (secondary N) is 2. The third-order valence-electron chi connectivity index (χ3n) is 2.69. The fourth-order valence-electron chi connectivity index (χ4n) is 1.63. The van der Waals surface area contributed by atoms with Crippen LogP contribution < -0.4 is 15.5 Å². The van der Waals surface area contributed by atoms with Crippen LogP contribution in [-0.2, 0) is 0 Å². The summed E-state index contributed by atoms with van der Waals surface area (Å²) in [6.45, 7) is 0. The largest absolute Gasteiger partial charge is 0.504 e. The second kappa shape index (κ2) is 7.37. The first kappa shape index (κ1) is 15.7. The molecule has 2 aromatic carbocycles. The lowest BCUT2D eigenvalue weighted by Crippen LogP contribution is -2.23. The van der Waals surface area contributed by atoms with Gasteiger partial charge in [0.1, 0.15) is 5.82 Å². The molecule has 0 atom stereocenters. The Bertz CT molecular complexity index is 690. The molecule has 2 rings (SSSR count). The second-order valence-electron chi connectivity index (χ2n) is 4.26. The number of methoxy groups -OCH3 is 1. The molecule has 0 amide bonds. The highest BCUT2D eigenvalue weighted by atomic mass is 32.1. The topological polar surface area (TPSA) is 65.9 Å². The maximum absolute atomic E-state index is 12.8. The minimum Gasteiger partial charge on any atom is -0.504 e. The monoisotopic (exact) mass is 319 g/mol. The van der Waals surface area contributed by atoms with E-state index in [1.165, 1.54) is 31.5 Å². The van der Waals surface area contributed by atoms with Crippen molar-refractivity contribution in [3.8, 4) is 11.5 Å². The first-order valence-corrected chi connectivity index (χ1v) is 6.72. The molecule has 3 N–H and O–H groups in total. The fraction of sp³-hybridized carbons (Fsp3) is 0.0667. The van der Waals surface area contributed by atoms with Gasteiger partial charge in [-0.25, -0.2) is 4.39 Å². The number of hydrogen-bond donors (Lipinski definition) is 3. The number of phenols is 1. The predicted octanol–water partition coefficient (Wildman–Crippen LogP) is 2.86. The zero-order valence-corrected chi connectivity index (χ0v) is 12.5. The molecule has 0 radical (unpaired) electrons.